The summed E-state index contributed by atoms with van der Waals surface area (Å²) in [4.78, 5) is 8.82. The zero-order chi connectivity index (χ0) is 18.8. The van der Waals surface area contributed by atoms with Gasteiger partial charge < -0.3 is 19.5 Å². The number of rotatable bonds is 6. The molecule has 27 heavy (non-hydrogen) atoms. The molecule has 1 aliphatic heterocycles. The van der Waals surface area contributed by atoms with Crippen LogP contribution in [-0.4, -0.2) is 62.5 Å². The van der Waals surface area contributed by atoms with E-state index >= 15 is 0 Å². The molecule has 3 aromatic heterocycles. The molecule has 2 N–H and O–H groups in total. The zero-order valence-corrected chi connectivity index (χ0v) is 14.3. The lowest BCUT2D eigenvalue weighted by Crippen LogP contribution is -2.35. The first-order valence-electron chi connectivity index (χ1n) is 8.27. The van der Waals surface area contributed by atoms with Gasteiger partial charge in [0.1, 0.15) is 11.6 Å². The number of alkyl halides is 2. The zero-order valence-electron chi connectivity index (χ0n) is 14.3. The predicted octanol–water partition coefficient (Wildman–Crippen LogP) is 1.87. The van der Waals surface area contributed by atoms with Gasteiger partial charge in [0.2, 0.25) is 5.88 Å². The van der Waals surface area contributed by atoms with Crippen molar-refractivity contribution >= 4 is 22.8 Å². The van der Waals surface area contributed by atoms with Crippen molar-refractivity contribution in [3.63, 3.8) is 0 Å². The topological polar surface area (TPSA) is 112 Å². The summed E-state index contributed by atoms with van der Waals surface area (Å²) in [5.74, 6) is 0.490. The Morgan fingerprint density at radius 3 is 3.00 bits per heavy atom. The van der Waals surface area contributed by atoms with E-state index in [9.17, 15) is 8.78 Å². The molecule has 2 atom stereocenters. The quantitative estimate of drug-likeness (QED) is 0.666. The standard InChI is InChI=1S/C15H17F2N7O3/c1-8(10-7-25-2-3-26-10)24-14-9(5-19-24)18-6-12(21-14)20-11-4-13(23-22-11)27-15(16)17/h4-6,8,10,15H,2-3,7H2,1H3,(H2,20,21,22,23)/t8-,10-/m0/s1. The van der Waals surface area contributed by atoms with Crippen molar-refractivity contribution in [2.45, 2.75) is 25.7 Å². The molecule has 0 aromatic carbocycles. The van der Waals surface area contributed by atoms with Crippen molar-refractivity contribution < 1.29 is 23.0 Å². The van der Waals surface area contributed by atoms with Crippen LogP contribution < -0.4 is 10.1 Å². The number of anilines is 2. The van der Waals surface area contributed by atoms with E-state index in [1.54, 1.807) is 10.9 Å². The Labute approximate surface area is 151 Å². The average molecular weight is 381 g/mol. The molecule has 0 unspecified atom stereocenters. The highest BCUT2D eigenvalue weighted by Crippen LogP contribution is 2.23. The van der Waals surface area contributed by atoms with Gasteiger partial charge in [0.25, 0.3) is 0 Å². The van der Waals surface area contributed by atoms with Gasteiger partial charge in [0.15, 0.2) is 17.3 Å². The third kappa shape index (κ3) is 3.80. The number of nitrogens with zero attached hydrogens (tertiary/aromatic N) is 5. The van der Waals surface area contributed by atoms with Crippen LogP contribution in [0.25, 0.3) is 11.2 Å². The van der Waals surface area contributed by atoms with E-state index < -0.39 is 6.61 Å². The summed E-state index contributed by atoms with van der Waals surface area (Å²) in [5.41, 5.74) is 1.18. The Bertz CT molecular complexity index is 910. The number of halogens is 2. The average Bonchev–Trinajstić information content (AvgIpc) is 3.28. The molecular weight excluding hydrogens is 364 g/mol. The molecule has 3 aromatic rings. The summed E-state index contributed by atoms with van der Waals surface area (Å²) in [5, 5.41) is 13.4. The Balaban J connectivity index is 1.55. The van der Waals surface area contributed by atoms with Crippen molar-refractivity contribution in [1.82, 2.24) is 29.9 Å². The number of ether oxygens (including phenoxy) is 3. The Hall–Kier alpha value is -2.86. The smallest absolute Gasteiger partial charge is 0.388 e. The number of nitrogens with one attached hydrogen (secondary N) is 2. The van der Waals surface area contributed by atoms with Crippen LogP contribution in [0.3, 0.4) is 0 Å². The molecule has 0 saturated carbocycles. The van der Waals surface area contributed by atoms with Gasteiger partial charge in [-0.3, -0.25) is 0 Å². The molecule has 1 saturated heterocycles. The number of H-pyrrole nitrogens is 1. The molecule has 0 bridgehead atoms. The van der Waals surface area contributed by atoms with E-state index in [2.05, 4.69) is 35.3 Å². The normalized spacial score (nSPS) is 18.7. The third-order valence-corrected chi connectivity index (χ3v) is 4.09. The molecule has 4 heterocycles. The fourth-order valence-electron chi connectivity index (χ4n) is 2.78. The fourth-order valence-corrected chi connectivity index (χ4v) is 2.78. The highest BCUT2D eigenvalue weighted by atomic mass is 19.3. The molecule has 4 rings (SSSR count). The van der Waals surface area contributed by atoms with Gasteiger partial charge in [-0.1, -0.05) is 0 Å². The first-order valence-corrected chi connectivity index (χ1v) is 8.27. The van der Waals surface area contributed by atoms with Gasteiger partial charge in [0.05, 0.1) is 38.3 Å². The van der Waals surface area contributed by atoms with Gasteiger partial charge in [-0.25, -0.2) is 19.7 Å². The van der Waals surface area contributed by atoms with Gasteiger partial charge >= 0.3 is 6.61 Å². The maximum atomic E-state index is 12.2. The highest BCUT2D eigenvalue weighted by Gasteiger charge is 2.25. The van der Waals surface area contributed by atoms with E-state index in [0.29, 0.717) is 36.8 Å². The second-order valence-electron chi connectivity index (χ2n) is 5.90. The van der Waals surface area contributed by atoms with Crippen molar-refractivity contribution in [3.05, 3.63) is 18.5 Å². The van der Waals surface area contributed by atoms with Crippen LogP contribution in [0.2, 0.25) is 0 Å². The largest absolute Gasteiger partial charge is 0.417 e. The number of hydrogen-bond donors (Lipinski definition) is 2. The van der Waals surface area contributed by atoms with Gasteiger partial charge in [0, 0.05) is 6.07 Å². The third-order valence-electron chi connectivity index (χ3n) is 4.09. The summed E-state index contributed by atoms with van der Waals surface area (Å²) in [6.45, 7) is 0.632. The lowest BCUT2D eigenvalue weighted by atomic mass is 10.2. The summed E-state index contributed by atoms with van der Waals surface area (Å²) in [6, 6.07) is 1.19. The SMILES string of the molecule is C[C@@H]([C@@H]1COCCO1)n1ncc2ncc(Nc3cc(OC(F)F)[nH]n3)nc21. The monoisotopic (exact) mass is 381 g/mol. The minimum Gasteiger partial charge on any atom is -0.417 e. The lowest BCUT2D eigenvalue weighted by molar-refractivity contribution is -0.106. The van der Waals surface area contributed by atoms with Crippen LogP contribution in [-0.2, 0) is 9.47 Å². The summed E-state index contributed by atoms with van der Waals surface area (Å²) < 4.78 is 41.6. The molecule has 10 nitrogen and oxygen atoms in total. The molecule has 0 amide bonds. The number of fused-ring (bicyclic) bond motifs is 1. The molecular formula is C15H17F2N7O3. The van der Waals surface area contributed by atoms with Crippen LogP contribution in [0.5, 0.6) is 5.88 Å². The van der Waals surface area contributed by atoms with Crippen molar-refractivity contribution in [2.75, 3.05) is 25.1 Å². The molecule has 0 radical (unpaired) electrons. The van der Waals surface area contributed by atoms with Crippen LogP contribution in [0.15, 0.2) is 18.5 Å². The second-order valence-corrected chi connectivity index (χ2v) is 5.90. The molecule has 0 aliphatic carbocycles. The first kappa shape index (κ1) is 17.5. The molecule has 1 aliphatic rings. The van der Waals surface area contributed by atoms with Gasteiger partial charge in [-0.15, -0.1) is 0 Å². The fraction of sp³-hybridized carbons (Fsp3) is 0.467. The van der Waals surface area contributed by atoms with E-state index in [1.807, 2.05) is 6.92 Å². The minimum atomic E-state index is -2.93. The van der Waals surface area contributed by atoms with Crippen LogP contribution >= 0.6 is 0 Å². The van der Waals surface area contributed by atoms with Crippen LogP contribution in [0.4, 0.5) is 20.4 Å². The predicted molar refractivity (Wildman–Crippen MR) is 89.1 cm³/mol. The Morgan fingerprint density at radius 1 is 1.33 bits per heavy atom. The molecule has 1 fully saturated rings. The number of hydrogen-bond acceptors (Lipinski definition) is 8. The molecule has 144 valence electrons. The number of aromatic nitrogens is 6. The summed E-state index contributed by atoms with van der Waals surface area (Å²) in [7, 11) is 0. The number of aromatic amines is 1. The van der Waals surface area contributed by atoms with Crippen molar-refractivity contribution in [2.24, 2.45) is 0 Å². The van der Waals surface area contributed by atoms with E-state index in [0.717, 1.165) is 0 Å². The van der Waals surface area contributed by atoms with E-state index in [1.165, 1.54) is 12.3 Å². The van der Waals surface area contributed by atoms with Crippen LogP contribution in [0, 0.1) is 0 Å². The van der Waals surface area contributed by atoms with Crippen molar-refractivity contribution in [1.29, 1.82) is 0 Å². The highest BCUT2D eigenvalue weighted by molar-refractivity contribution is 5.72. The molecule has 0 spiro atoms. The Kier molecular flexibility index (Phi) is 4.81. The van der Waals surface area contributed by atoms with E-state index in [4.69, 9.17) is 9.47 Å². The van der Waals surface area contributed by atoms with Crippen molar-refractivity contribution in [3.8, 4) is 5.88 Å². The molecule has 12 heteroatoms. The maximum absolute atomic E-state index is 12.2. The maximum Gasteiger partial charge on any atom is 0.388 e. The van der Waals surface area contributed by atoms with E-state index in [-0.39, 0.29) is 23.8 Å². The Morgan fingerprint density at radius 2 is 2.22 bits per heavy atom. The summed E-state index contributed by atoms with van der Waals surface area (Å²) >= 11 is 0. The van der Waals surface area contributed by atoms with Crippen LogP contribution in [0.1, 0.15) is 13.0 Å². The van der Waals surface area contributed by atoms with Gasteiger partial charge in [-0.05, 0) is 6.92 Å². The first-order chi connectivity index (χ1) is 13.1. The lowest BCUT2D eigenvalue weighted by Gasteiger charge is -2.28. The second kappa shape index (κ2) is 7.40. The van der Waals surface area contributed by atoms with Gasteiger partial charge in [-0.2, -0.15) is 19.0 Å². The summed E-state index contributed by atoms with van der Waals surface area (Å²) in [6.07, 6.45) is 2.98. The minimum absolute atomic E-state index is 0.108.